The summed E-state index contributed by atoms with van der Waals surface area (Å²) in [7, 11) is 0. The molecule has 1 unspecified atom stereocenters. The molecule has 0 N–H and O–H groups in total. The van der Waals surface area contributed by atoms with E-state index in [-0.39, 0.29) is 0 Å². The lowest BCUT2D eigenvalue weighted by Gasteiger charge is -2.16. The topological polar surface area (TPSA) is 31.0 Å². The Kier molecular flexibility index (Phi) is 7.54. The second-order valence-corrected chi connectivity index (χ2v) is 13.4. The second kappa shape index (κ2) is 12.5. The fraction of sp³-hybridized carbons (Fsp3) is 0.128. The summed E-state index contributed by atoms with van der Waals surface area (Å²) in [6, 6.07) is 50.2. The van der Waals surface area contributed by atoms with E-state index in [1.54, 1.807) is 0 Å². The van der Waals surface area contributed by atoms with Gasteiger partial charge in [0.2, 0.25) is 5.89 Å². The highest BCUT2D eigenvalue weighted by Crippen LogP contribution is 2.40. The molecule has 0 spiro atoms. The van der Waals surface area contributed by atoms with Crippen molar-refractivity contribution in [2.45, 2.75) is 39.0 Å². The molecule has 0 saturated carbocycles. The first-order valence-corrected chi connectivity index (χ1v) is 17.8. The van der Waals surface area contributed by atoms with Crippen LogP contribution in [0.15, 0.2) is 150 Å². The Labute approximate surface area is 293 Å². The van der Waals surface area contributed by atoms with Crippen LogP contribution in [0.25, 0.3) is 78.6 Å². The van der Waals surface area contributed by atoms with Gasteiger partial charge in [0.15, 0.2) is 5.58 Å². The minimum Gasteiger partial charge on any atom is -0.436 e. The van der Waals surface area contributed by atoms with Gasteiger partial charge >= 0.3 is 0 Å². The maximum Gasteiger partial charge on any atom is 0.227 e. The molecule has 3 heteroatoms. The van der Waals surface area contributed by atoms with Crippen molar-refractivity contribution in [3.8, 4) is 50.5 Å². The van der Waals surface area contributed by atoms with Crippen LogP contribution < -0.4 is 0 Å². The first kappa shape index (κ1) is 30.2. The number of aromatic nitrogens is 2. The molecule has 1 atom stereocenters. The first-order chi connectivity index (χ1) is 24.7. The third-order valence-corrected chi connectivity index (χ3v) is 10.5. The number of nitrogens with zero attached hydrogens (tertiary/aromatic N) is 2. The molecule has 50 heavy (non-hydrogen) atoms. The van der Waals surface area contributed by atoms with Crippen molar-refractivity contribution in [1.82, 2.24) is 9.55 Å². The van der Waals surface area contributed by atoms with Crippen LogP contribution in [0.3, 0.4) is 0 Å². The summed E-state index contributed by atoms with van der Waals surface area (Å²) in [5.74, 6) is 1.08. The summed E-state index contributed by atoms with van der Waals surface area (Å²) in [6.07, 6.45) is 7.83. The zero-order valence-corrected chi connectivity index (χ0v) is 28.4. The average molecular weight is 647 g/mol. The Morgan fingerprint density at radius 2 is 1.28 bits per heavy atom. The van der Waals surface area contributed by atoms with E-state index in [0.717, 1.165) is 41.5 Å². The number of fused-ring (bicyclic) bond motifs is 4. The van der Waals surface area contributed by atoms with Gasteiger partial charge in [-0.3, -0.25) is 0 Å². The Morgan fingerprint density at radius 3 is 1.98 bits per heavy atom. The van der Waals surface area contributed by atoms with Crippen LogP contribution >= 0.6 is 0 Å². The number of para-hydroxylation sites is 2. The molecular formula is C47H38N2O. The summed E-state index contributed by atoms with van der Waals surface area (Å²) in [5, 5.41) is 1.36. The number of oxazole rings is 1. The van der Waals surface area contributed by atoms with Crippen molar-refractivity contribution >= 4 is 28.1 Å². The molecule has 9 rings (SSSR count). The highest BCUT2D eigenvalue weighted by molar-refractivity contribution is 5.93. The van der Waals surface area contributed by atoms with Crippen molar-refractivity contribution in [3.63, 3.8) is 0 Å². The molecular weight excluding hydrogens is 609 g/mol. The van der Waals surface area contributed by atoms with E-state index in [4.69, 9.17) is 9.40 Å². The summed E-state index contributed by atoms with van der Waals surface area (Å²) in [6.45, 7) is 4.45. The van der Waals surface area contributed by atoms with Gasteiger partial charge in [0.25, 0.3) is 0 Å². The molecule has 1 aliphatic rings. The number of rotatable bonds is 7. The van der Waals surface area contributed by atoms with Gasteiger partial charge in [-0.2, -0.15) is 0 Å². The molecule has 242 valence electrons. The summed E-state index contributed by atoms with van der Waals surface area (Å²) >= 11 is 0. The Balaban J connectivity index is 1.06. The predicted molar refractivity (Wildman–Crippen MR) is 209 cm³/mol. The number of hydrogen-bond acceptors (Lipinski definition) is 2. The Hall–Kier alpha value is -5.93. The van der Waals surface area contributed by atoms with Crippen LogP contribution in [0, 0.1) is 0 Å². The fourth-order valence-corrected chi connectivity index (χ4v) is 7.69. The highest BCUT2D eigenvalue weighted by Gasteiger charge is 2.19. The maximum atomic E-state index is 6.38. The van der Waals surface area contributed by atoms with Gasteiger partial charge in [-0.05, 0) is 112 Å². The van der Waals surface area contributed by atoms with E-state index in [1.807, 2.05) is 6.07 Å². The van der Waals surface area contributed by atoms with Crippen LogP contribution in [0.5, 0.6) is 0 Å². The predicted octanol–water partition coefficient (Wildman–Crippen LogP) is 12.9. The average Bonchev–Trinajstić information content (AvgIpc) is 3.78. The lowest BCUT2D eigenvalue weighted by Crippen LogP contribution is -2.00. The van der Waals surface area contributed by atoms with Crippen LogP contribution in [0.4, 0.5) is 0 Å². The largest absolute Gasteiger partial charge is 0.436 e. The van der Waals surface area contributed by atoms with Gasteiger partial charge in [0.1, 0.15) is 5.52 Å². The summed E-state index contributed by atoms with van der Waals surface area (Å²) in [4.78, 5) is 4.86. The zero-order valence-electron chi connectivity index (χ0n) is 28.4. The standard InChI is InChI=1S/C47H38N2O/c1-3-31(2)36-19-12-20-43-46(36)50-47(48-43)34-25-23-32(24-26-34)37-13-4-6-15-39(37)40-16-7-5-14-38(40)33-27-29-35(30-28-33)49-44-21-10-8-17-41(44)42-18-9-11-22-45(42)49/h4-8,10-17,19-31H,3,9,18H2,1-2H3. The fourth-order valence-electron chi connectivity index (χ4n) is 7.69. The van der Waals surface area contributed by atoms with Gasteiger partial charge in [-0.15, -0.1) is 0 Å². The van der Waals surface area contributed by atoms with Crippen LogP contribution in [0.2, 0.25) is 0 Å². The molecule has 0 saturated heterocycles. The minimum absolute atomic E-state index is 0.418. The van der Waals surface area contributed by atoms with E-state index >= 15 is 0 Å². The smallest absolute Gasteiger partial charge is 0.227 e. The zero-order chi connectivity index (χ0) is 33.6. The van der Waals surface area contributed by atoms with Gasteiger partial charge in [0, 0.05) is 22.3 Å². The van der Waals surface area contributed by atoms with Gasteiger partial charge in [-0.1, -0.05) is 123 Å². The first-order valence-electron chi connectivity index (χ1n) is 17.8. The summed E-state index contributed by atoms with van der Waals surface area (Å²) < 4.78 is 8.79. The molecule has 0 bridgehead atoms. The number of hydrogen-bond donors (Lipinski definition) is 0. The normalized spacial score (nSPS) is 13.2. The molecule has 3 nitrogen and oxygen atoms in total. The van der Waals surface area contributed by atoms with Crippen molar-refractivity contribution in [2.75, 3.05) is 0 Å². The van der Waals surface area contributed by atoms with Crippen molar-refractivity contribution in [2.24, 2.45) is 0 Å². The quantitative estimate of drug-likeness (QED) is 0.172. The van der Waals surface area contributed by atoms with Crippen molar-refractivity contribution in [3.05, 3.63) is 162 Å². The van der Waals surface area contributed by atoms with Crippen LogP contribution in [-0.2, 0) is 6.42 Å². The van der Waals surface area contributed by atoms with E-state index in [0.29, 0.717) is 11.8 Å². The third kappa shape index (κ3) is 5.09. The number of allylic oxidation sites excluding steroid dienone is 1. The molecule has 0 amide bonds. The van der Waals surface area contributed by atoms with Crippen molar-refractivity contribution in [1.29, 1.82) is 0 Å². The van der Waals surface area contributed by atoms with Crippen molar-refractivity contribution < 1.29 is 4.42 Å². The monoisotopic (exact) mass is 646 g/mol. The van der Waals surface area contributed by atoms with E-state index in [1.165, 1.54) is 61.2 Å². The van der Waals surface area contributed by atoms with Gasteiger partial charge < -0.3 is 8.98 Å². The Morgan fingerprint density at radius 1 is 0.660 bits per heavy atom. The number of benzene rings is 6. The number of aryl methyl sites for hydroxylation is 1. The molecule has 2 heterocycles. The van der Waals surface area contributed by atoms with Crippen LogP contribution in [-0.4, -0.2) is 9.55 Å². The maximum absolute atomic E-state index is 6.38. The van der Waals surface area contributed by atoms with E-state index < -0.39 is 0 Å². The lowest BCUT2D eigenvalue weighted by molar-refractivity contribution is 0.606. The third-order valence-electron chi connectivity index (χ3n) is 10.5. The molecule has 0 fully saturated rings. The molecule has 0 radical (unpaired) electrons. The molecule has 8 aromatic rings. The van der Waals surface area contributed by atoms with E-state index in [9.17, 15) is 0 Å². The van der Waals surface area contributed by atoms with Gasteiger partial charge in [-0.25, -0.2) is 4.98 Å². The lowest BCUT2D eigenvalue weighted by atomic mass is 9.89. The Bertz CT molecular complexity index is 2530. The van der Waals surface area contributed by atoms with Gasteiger partial charge in [0.05, 0.1) is 5.52 Å². The summed E-state index contributed by atoms with van der Waals surface area (Å²) in [5.41, 5.74) is 16.4. The SMILES string of the molecule is CCC(C)c1cccc2nc(-c3ccc(-c4ccccc4-c4ccccc4-c4ccc(-n5c6c(c7ccccc75)CCC=C6)cc4)cc3)oc12. The molecule has 0 aliphatic heterocycles. The van der Waals surface area contributed by atoms with Crippen LogP contribution in [0.1, 0.15) is 49.4 Å². The molecule has 1 aliphatic carbocycles. The minimum atomic E-state index is 0.418. The second-order valence-electron chi connectivity index (χ2n) is 13.4. The highest BCUT2D eigenvalue weighted by atomic mass is 16.3. The molecule has 6 aromatic carbocycles. The van der Waals surface area contributed by atoms with E-state index in [2.05, 4.69) is 164 Å². The molecule has 2 aromatic heterocycles.